The Labute approximate surface area is 264 Å². The summed E-state index contributed by atoms with van der Waals surface area (Å²) in [5.74, 6) is 2.25. The molecule has 0 spiro atoms. The lowest BCUT2D eigenvalue weighted by atomic mass is 10.1. The number of nitrogens with one attached hydrogen (secondary N) is 2. The van der Waals surface area contributed by atoms with Gasteiger partial charge in [-0.3, -0.25) is 14.6 Å². The summed E-state index contributed by atoms with van der Waals surface area (Å²) in [5.41, 5.74) is 1.92. The summed E-state index contributed by atoms with van der Waals surface area (Å²) in [4.78, 5) is 30.0. The average molecular weight is 612 g/mol. The molecule has 9 nitrogen and oxygen atoms in total. The van der Waals surface area contributed by atoms with Crippen LogP contribution in [0.5, 0.6) is 23.0 Å². The minimum atomic E-state index is -0.448. The molecule has 1 aliphatic rings. The number of nitrogens with zero attached hydrogens (tertiary/aromatic N) is 1. The van der Waals surface area contributed by atoms with E-state index in [1.165, 1.54) is 0 Å². The highest BCUT2D eigenvalue weighted by Gasteiger charge is 2.26. The van der Waals surface area contributed by atoms with Crippen LogP contribution in [0.3, 0.4) is 0 Å². The number of hydrogen-bond donors (Lipinski definition) is 2. The fourth-order valence-corrected chi connectivity index (χ4v) is 5.24. The van der Waals surface area contributed by atoms with Crippen molar-refractivity contribution >= 4 is 28.5 Å². The highest BCUT2D eigenvalue weighted by molar-refractivity contribution is 6.04. The number of pyridine rings is 1. The second kappa shape index (κ2) is 15.4. The van der Waals surface area contributed by atoms with Gasteiger partial charge in [0.05, 0.1) is 19.2 Å². The van der Waals surface area contributed by atoms with Gasteiger partial charge in [-0.05, 0) is 86.7 Å². The summed E-state index contributed by atoms with van der Waals surface area (Å²) in [6.45, 7) is 5.22. The molecule has 1 heterocycles. The van der Waals surface area contributed by atoms with E-state index < -0.39 is 6.04 Å². The number of aromatic nitrogens is 1. The SMILES string of the molecule is COc1cc2c(Oc3ccc(NC(=O)c4ccccc4)cc3)ccnc2cc1OCC[C@H](NCC(C)C)C(=O)OC1CCCC1. The number of ether oxygens (including phenoxy) is 4. The predicted octanol–water partition coefficient (Wildman–Crippen LogP) is 7.16. The fraction of sp³-hybridized carbons (Fsp3) is 0.361. The Morgan fingerprint density at radius 1 is 0.933 bits per heavy atom. The number of carbonyl (C=O) groups is 2. The van der Waals surface area contributed by atoms with Gasteiger partial charge >= 0.3 is 5.97 Å². The number of benzene rings is 3. The van der Waals surface area contributed by atoms with Crippen molar-refractivity contribution < 1.29 is 28.5 Å². The number of carbonyl (C=O) groups excluding carboxylic acids is 2. The Balaban J connectivity index is 1.24. The molecule has 0 aliphatic heterocycles. The first-order valence-corrected chi connectivity index (χ1v) is 15.6. The van der Waals surface area contributed by atoms with E-state index >= 15 is 0 Å². The lowest BCUT2D eigenvalue weighted by Crippen LogP contribution is -2.42. The molecule has 0 radical (unpaired) electrons. The van der Waals surface area contributed by atoms with Gasteiger partial charge in [-0.2, -0.15) is 0 Å². The zero-order chi connectivity index (χ0) is 31.6. The van der Waals surface area contributed by atoms with Crippen molar-refractivity contribution in [2.24, 2.45) is 5.92 Å². The molecule has 5 rings (SSSR count). The molecule has 1 amide bonds. The second-order valence-electron chi connectivity index (χ2n) is 11.6. The summed E-state index contributed by atoms with van der Waals surface area (Å²) in [6.07, 6.45) is 6.23. The Kier molecular flexibility index (Phi) is 10.9. The molecular formula is C36H41N3O6. The van der Waals surface area contributed by atoms with Gasteiger partial charge in [-0.15, -0.1) is 0 Å². The number of rotatable bonds is 14. The fourth-order valence-electron chi connectivity index (χ4n) is 5.24. The zero-order valence-corrected chi connectivity index (χ0v) is 26.1. The van der Waals surface area contributed by atoms with Crippen LogP contribution in [-0.4, -0.2) is 49.3 Å². The van der Waals surface area contributed by atoms with Crippen LogP contribution >= 0.6 is 0 Å². The summed E-state index contributed by atoms with van der Waals surface area (Å²) in [5, 5.41) is 7.00. The highest BCUT2D eigenvalue weighted by Crippen LogP contribution is 2.37. The molecule has 1 aliphatic carbocycles. The van der Waals surface area contributed by atoms with Crippen LogP contribution in [0, 0.1) is 5.92 Å². The molecule has 0 bridgehead atoms. The third-order valence-corrected chi connectivity index (χ3v) is 7.67. The van der Waals surface area contributed by atoms with E-state index in [0.29, 0.717) is 65.3 Å². The maximum Gasteiger partial charge on any atom is 0.323 e. The van der Waals surface area contributed by atoms with Gasteiger partial charge in [-0.1, -0.05) is 32.0 Å². The summed E-state index contributed by atoms with van der Waals surface area (Å²) < 4.78 is 23.8. The van der Waals surface area contributed by atoms with E-state index in [4.69, 9.17) is 18.9 Å². The van der Waals surface area contributed by atoms with Crippen LogP contribution in [0.4, 0.5) is 5.69 Å². The molecule has 1 atom stereocenters. The first-order chi connectivity index (χ1) is 21.9. The van der Waals surface area contributed by atoms with Gasteiger partial charge in [-0.25, -0.2) is 0 Å². The first-order valence-electron chi connectivity index (χ1n) is 15.6. The minimum Gasteiger partial charge on any atom is -0.493 e. The van der Waals surface area contributed by atoms with Crippen molar-refractivity contribution in [3.63, 3.8) is 0 Å². The number of amides is 1. The van der Waals surface area contributed by atoms with Crippen molar-refractivity contribution in [3.8, 4) is 23.0 Å². The monoisotopic (exact) mass is 611 g/mol. The van der Waals surface area contributed by atoms with E-state index in [1.54, 1.807) is 55.8 Å². The highest BCUT2D eigenvalue weighted by atomic mass is 16.5. The molecule has 1 aromatic heterocycles. The molecule has 0 unspecified atom stereocenters. The van der Waals surface area contributed by atoms with Crippen molar-refractivity contribution in [3.05, 3.63) is 84.6 Å². The third kappa shape index (κ3) is 8.73. The molecule has 2 N–H and O–H groups in total. The molecule has 4 aromatic rings. The maximum absolute atomic E-state index is 13.0. The Morgan fingerprint density at radius 3 is 2.40 bits per heavy atom. The number of anilines is 1. The maximum atomic E-state index is 13.0. The molecule has 3 aromatic carbocycles. The Morgan fingerprint density at radius 2 is 1.69 bits per heavy atom. The second-order valence-corrected chi connectivity index (χ2v) is 11.6. The number of esters is 1. The lowest BCUT2D eigenvalue weighted by Gasteiger charge is -2.21. The van der Waals surface area contributed by atoms with Crippen LogP contribution in [0.15, 0.2) is 79.0 Å². The van der Waals surface area contributed by atoms with Gasteiger partial charge in [0.15, 0.2) is 11.5 Å². The van der Waals surface area contributed by atoms with Crippen molar-refractivity contribution in [2.45, 2.75) is 58.1 Å². The number of fused-ring (bicyclic) bond motifs is 1. The van der Waals surface area contributed by atoms with Gasteiger partial charge < -0.3 is 29.6 Å². The van der Waals surface area contributed by atoms with Gasteiger partial charge in [0.2, 0.25) is 0 Å². The number of hydrogen-bond acceptors (Lipinski definition) is 8. The molecule has 236 valence electrons. The molecular weight excluding hydrogens is 570 g/mol. The predicted molar refractivity (Wildman–Crippen MR) is 174 cm³/mol. The van der Waals surface area contributed by atoms with Crippen LogP contribution in [0.1, 0.15) is 56.3 Å². The van der Waals surface area contributed by atoms with Gasteiger partial charge in [0, 0.05) is 35.3 Å². The van der Waals surface area contributed by atoms with Gasteiger partial charge in [0.1, 0.15) is 23.6 Å². The molecule has 45 heavy (non-hydrogen) atoms. The van der Waals surface area contributed by atoms with E-state index in [2.05, 4.69) is 29.5 Å². The lowest BCUT2D eigenvalue weighted by molar-refractivity contribution is -0.151. The van der Waals surface area contributed by atoms with E-state index in [-0.39, 0.29) is 18.0 Å². The zero-order valence-electron chi connectivity index (χ0n) is 26.1. The Bertz CT molecular complexity index is 1570. The normalized spacial score (nSPS) is 13.9. The molecule has 0 saturated heterocycles. The van der Waals surface area contributed by atoms with Crippen LogP contribution < -0.4 is 24.8 Å². The van der Waals surface area contributed by atoms with Crippen LogP contribution in [-0.2, 0) is 9.53 Å². The molecule has 9 heteroatoms. The topological polar surface area (TPSA) is 108 Å². The smallest absolute Gasteiger partial charge is 0.323 e. The van der Waals surface area contributed by atoms with Crippen molar-refractivity contribution in [2.75, 3.05) is 25.6 Å². The third-order valence-electron chi connectivity index (χ3n) is 7.67. The Hall–Kier alpha value is -4.63. The average Bonchev–Trinajstić information content (AvgIpc) is 3.56. The van der Waals surface area contributed by atoms with E-state index in [9.17, 15) is 9.59 Å². The van der Waals surface area contributed by atoms with E-state index in [0.717, 1.165) is 31.1 Å². The minimum absolute atomic E-state index is 0.0169. The first kappa shape index (κ1) is 31.8. The largest absolute Gasteiger partial charge is 0.493 e. The van der Waals surface area contributed by atoms with Gasteiger partial charge in [0.25, 0.3) is 5.91 Å². The standard InChI is InChI=1S/C36H41N3O6/c1-24(2)23-38-30(36(41)45-27-11-7-8-12-27)18-20-43-34-22-31-29(21-33(34)42-3)32(17-19-37-31)44-28-15-13-26(14-16-28)39-35(40)25-9-5-4-6-10-25/h4-6,9-10,13-17,19,21-22,24,27,30,38H,7-8,11-12,18,20,23H2,1-3H3,(H,39,40)/t30-/m0/s1. The van der Waals surface area contributed by atoms with Crippen LogP contribution in [0.25, 0.3) is 10.9 Å². The van der Waals surface area contributed by atoms with Crippen molar-refractivity contribution in [1.82, 2.24) is 10.3 Å². The molecule has 1 fully saturated rings. The molecule has 1 saturated carbocycles. The quantitative estimate of drug-likeness (QED) is 0.145. The van der Waals surface area contributed by atoms with Crippen molar-refractivity contribution in [1.29, 1.82) is 0 Å². The van der Waals surface area contributed by atoms with E-state index in [1.807, 2.05) is 30.3 Å². The van der Waals surface area contributed by atoms with Crippen LogP contribution in [0.2, 0.25) is 0 Å². The summed E-state index contributed by atoms with van der Waals surface area (Å²) in [6, 6.07) is 21.2. The summed E-state index contributed by atoms with van der Waals surface area (Å²) in [7, 11) is 1.58. The number of methoxy groups -OCH3 is 1. The summed E-state index contributed by atoms with van der Waals surface area (Å²) >= 11 is 0.